The van der Waals surface area contributed by atoms with Crippen molar-refractivity contribution >= 4 is 27.8 Å². The average molecular weight is 284 g/mol. The van der Waals surface area contributed by atoms with Crippen molar-refractivity contribution in [2.45, 2.75) is 6.54 Å². The van der Waals surface area contributed by atoms with Gasteiger partial charge in [-0.1, -0.05) is 28.1 Å². The van der Waals surface area contributed by atoms with E-state index in [9.17, 15) is 0 Å². The van der Waals surface area contributed by atoms with Crippen LogP contribution in [0.25, 0.3) is 0 Å². The van der Waals surface area contributed by atoms with Crippen molar-refractivity contribution in [3.8, 4) is 0 Å². The van der Waals surface area contributed by atoms with Crippen LogP contribution in [0.4, 0.5) is 0 Å². The first-order valence-corrected chi connectivity index (χ1v) is 5.42. The van der Waals surface area contributed by atoms with Gasteiger partial charge >= 0.3 is 0 Å². The Labute approximate surface area is 103 Å². The topological polar surface area (TPSA) is 91.5 Å². The van der Waals surface area contributed by atoms with Gasteiger partial charge in [0.1, 0.15) is 0 Å². The van der Waals surface area contributed by atoms with Gasteiger partial charge in [-0.05, 0) is 17.7 Å². The predicted molar refractivity (Wildman–Crippen MR) is 69.1 cm³/mol. The van der Waals surface area contributed by atoms with E-state index in [4.69, 9.17) is 16.9 Å². The van der Waals surface area contributed by atoms with Gasteiger partial charge in [0.2, 0.25) is 0 Å². The third-order valence-corrected chi connectivity index (χ3v) is 2.51. The van der Waals surface area contributed by atoms with Crippen LogP contribution in [-0.2, 0) is 6.54 Å². The van der Waals surface area contributed by atoms with E-state index < -0.39 is 0 Å². The molecule has 6 heteroatoms. The summed E-state index contributed by atoms with van der Waals surface area (Å²) in [6.07, 6.45) is 0. The molecule has 5 nitrogen and oxygen atoms in total. The summed E-state index contributed by atoms with van der Waals surface area (Å²) >= 11 is 3.38. The number of benzene rings is 1. The third kappa shape index (κ3) is 3.54. The van der Waals surface area contributed by atoms with Gasteiger partial charge in [-0.2, -0.15) is 0 Å². The zero-order chi connectivity index (χ0) is 12.1. The number of rotatable bonds is 2. The predicted octanol–water partition coefficient (Wildman–Crippen LogP) is 1.09. The van der Waals surface area contributed by atoms with Gasteiger partial charge in [-0.3, -0.25) is 10.3 Å². The molecule has 0 radical (unpaired) electrons. The first-order valence-electron chi connectivity index (χ1n) is 4.63. The number of nitrogens with zero attached hydrogens (tertiary/aromatic N) is 2. The van der Waals surface area contributed by atoms with Crippen molar-refractivity contribution in [2.75, 3.05) is 7.05 Å². The molecule has 1 aromatic rings. The van der Waals surface area contributed by atoms with Crippen molar-refractivity contribution in [1.29, 1.82) is 5.41 Å². The highest BCUT2D eigenvalue weighted by Gasteiger charge is 2.03. The maximum Gasteiger partial charge on any atom is 0.198 e. The summed E-state index contributed by atoms with van der Waals surface area (Å²) in [5, 5.41) is 7.18. The van der Waals surface area contributed by atoms with Crippen LogP contribution in [0.2, 0.25) is 0 Å². The number of nitrogens with two attached hydrogens (primary N) is 2. The highest BCUT2D eigenvalue weighted by atomic mass is 79.9. The average Bonchev–Trinajstić information content (AvgIpc) is 2.24. The molecule has 16 heavy (non-hydrogen) atoms. The Morgan fingerprint density at radius 1 is 1.50 bits per heavy atom. The van der Waals surface area contributed by atoms with Gasteiger partial charge in [0, 0.05) is 11.5 Å². The first-order chi connectivity index (χ1) is 7.50. The number of hydrogen-bond donors (Lipinski definition) is 3. The number of nitrogens with one attached hydrogen (secondary N) is 1. The molecule has 5 N–H and O–H groups in total. The van der Waals surface area contributed by atoms with Crippen molar-refractivity contribution < 1.29 is 0 Å². The number of guanidine groups is 2. The van der Waals surface area contributed by atoms with E-state index in [0.717, 1.165) is 10.0 Å². The van der Waals surface area contributed by atoms with Gasteiger partial charge in [-0.25, -0.2) is 4.99 Å². The van der Waals surface area contributed by atoms with Crippen molar-refractivity contribution in [3.05, 3.63) is 34.3 Å². The van der Waals surface area contributed by atoms with Crippen LogP contribution in [-0.4, -0.2) is 23.9 Å². The highest BCUT2D eigenvalue weighted by Crippen LogP contribution is 2.12. The molecule has 0 heterocycles. The van der Waals surface area contributed by atoms with E-state index in [-0.39, 0.29) is 11.9 Å². The summed E-state index contributed by atoms with van der Waals surface area (Å²) in [5.41, 5.74) is 12.0. The Bertz CT molecular complexity index is 415. The zero-order valence-corrected chi connectivity index (χ0v) is 10.5. The summed E-state index contributed by atoms with van der Waals surface area (Å²) < 4.78 is 0.999. The summed E-state index contributed by atoms with van der Waals surface area (Å²) in [5.74, 6) is 0.1000. The molecule has 1 aromatic carbocycles. The van der Waals surface area contributed by atoms with Crippen LogP contribution in [0.1, 0.15) is 5.56 Å². The van der Waals surface area contributed by atoms with E-state index in [1.807, 2.05) is 24.3 Å². The summed E-state index contributed by atoms with van der Waals surface area (Å²) in [6.45, 7) is 0.461. The molecule has 0 aromatic heterocycles. The zero-order valence-electron chi connectivity index (χ0n) is 8.94. The minimum absolute atomic E-state index is 0.129. The molecule has 0 aliphatic carbocycles. The molecule has 0 amide bonds. The fourth-order valence-electron chi connectivity index (χ4n) is 1.04. The van der Waals surface area contributed by atoms with E-state index >= 15 is 0 Å². The lowest BCUT2D eigenvalue weighted by Gasteiger charge is -2.14. The highest BCUT2D eigenvalue weighted by molar-refractivity contribution is 9.10. The van der Waals surface area contributed by atoms with E-state index in [0.29, 0.717) is 6.54 Å². The molecule has 0 atom stereocenters. The monoisotopic (exact) mass is 283 g/mol. The Morgan fingerprint density at radius 3 is 2.75 bits per heavy atom. The summed E-state index contributed by atoms with van der Waals surface area (Å²) in [4.78, 5) is 5.45. The van der Waals surface area contributed by atoms with Crippen LogP contribution in [0.15, 0.2) is 33.7 Å². The van der Waals surface area contributed by atoms with E-state index in [1.165, 1.54) is 4.90 Å². The largest absolute Gasteiger partial charge is 0.370 e. The minimum Gasteiger partial charge on any atom is -0.370 e. The molecule has 0 fully saturated rings. The quantitative estimate of drug-likeness (QED) is 0.560. The third-order valence-electron chi connectivity index (χ3n) is 2.02. The van der Waals surface area contributed by atoms with E-state index in [2.05, 4.69) is 20.9 Å². The molecule has 1 rings (SSSR count). The lowest BCUT2D eigenvalue weighted by atomic mass is 10.2. The van der Waals surface area contributed by atoms with Crippen molar-refractivity contribution in [3.63, 3.8) is 0 Å². The first kappa shape index (κ1) is 12.5. The maximum atomic E-state index is 7.18. The van der Waals surface area contributed by atoms with Crippen LogP contribution >= 0.6 is 15.9 Å². The fourth-order valence-corrected chi connectivity index (χ4v) is 1.48. The van der Waals surface area contributed by atoms with Gasteiger partial charge in [0.15, 0.2) is 11.9 Å². The van der Waals surface area contributed by atoms with Crippen LogP contribution in [0, 0.1) is 5.41 Å². The Morgan fingerprint density at radius 2 is 2.19 bits per heavy atom. The smallest absolute Gasteiger partial charge is 0.198 e. The second-order valence-electron chi connectivity index (χ2n) is 3.25. The molecule has 0 bridgehead atoms. The molecule has 0 aliphatic heterocycles. The van der Waals surface area contributed by atoms with Gasteiger partial charge in [-0.15, -0.1) is 0 Å². The Balaban J connectivity index is 2.69. The normalized spacial score (nSPS) is 11.2. The van der Waals surface area contributed by atoms with Crippen LogP contribution < -0.4 is 11.5 Å². The second-order valence-corrected chi connectivity index (χ2v) is 4.16. The van der Waals surface area contributed by atoms with Crippen molar-refractivity contribution in [2.24, 2.45) is 16.5 Å². The van der Waals surface area contributed by atoms with Gasteiger partial charge in [0.05, 0.1) is 6.54 Å². The number of halogens is 1. The lowest BCUT2D eigenvalue weighted by molar-refractivity contribution is 0.714. The SMILES string of the molecule is CN(C(=N)N)C(N)=NCc1cccc(Br)c1. The lowest BCUT2D eigenvalue weighted by Crippen LogP contribution is -2.42. The summed E-state index contributed by atoms with van der Waals surface area (Å²) in [7, 11) is 1.60. The van der Waals surface area contributed by atoms with Crippen LogP contribution in [0.5, 0.6) is 0 Å². The van der Waals surface area contributed by atoms with Gasteiger partial charge in [0.25, 0.3) is 0 Å². The summed E-state index contributed by atoms with van der Waals surface area (Å²) in [6, 6.07) is 7.79. The number of aliphatic imine (C=N–C) groups is 1. The van der Waals surface area contributed by atoms with E-state index in [1.54, 1.807) is 7.05 Å². The molecular formula is C10H14BrN5. The molecule has 0 unspecified atom stereocenters. The second kappa shape index (κ2) is 5.50. The molecular weight excluding hydrogens is 270 g/mol. The molecule has 86 valence electrons. The minimum atomic E-state index is -0.129. The maximum absolute atomic E-state index is 7.18. The van der Waals surface area contributed by atoms with Crippen LogP contribution in [0.3, 0.4) is 0 Å². The standard InChI is InChI=1S/C10H14BrN5/c1-16(9(12)13)10(14)15-6-7-3-2-4-8(11)5-7/h2-5H,6H2,1H3,(H3,12,13)(H2,14,15). The number of hydrogen-bond acceptors (Lipinski definition) is 2. The van der Waals surface area contributed by atoms with Gasteiger partial charge < -0.3 is 11.5 Å². The Hall–Kier alpha value is -1.56. The molecule has 0 saturated heterocycles. The van der Waals surface area contributed by atoms with Crippen molar-refractivity contribution in [1.82, 2.24) is 4.90 Å². The Kier molecular flexibility index (Phi) is 4.30. The fraction of sp³-hybridized carbons (Fsp3) is 0.200. The molecule has 0 spiro atoms. The molecule has 0 aliphatic rings. The molecule has 0 saturated carbocycles.